The fraction of sp³-hybridized carbons (Fsp3) is 0.167. The minimum Gasteiger partial charge on any atom is -0.467 e. The molecule has 180 valence electrons. The van der Waals surface area contributed by atoms with Crippen molar-refractivity contribution in [3.05, 3.63) is 89.4 Å². The zero-order valence-corrected chi connectivity index (χ0v) is 18.4. The molecule has 1 saturated heterocycles. The lowest BCUT2D eigenvalue weighted by atomic mass is 9.91. The number of benzene rings is 2. The Balaban J connectivity index is 1.46. The molecule has 2 heterocycles. The van der Waals surface area contributed by atoms with Crippen molar-refractivity contribution in [3.8, 4) is 0 Å². The van der Waals surface area contributed by atoms with Gasteiger partial charge in [-0.15, -0.1) is 0 Å². The van der Waals surface area contributed by atoms with Gasteiger partial charge in [0.25, 0.3) is 11.8 Å². The van der Waals surface area contributed by atoms with E-state index in [2.05, 4.69) is 16.0 Å². The number of carbonyl (C=O) groups is 4. The number of hydrogen-bond acceptors (Lipinski definition) is 5. The molecule has 1 aliphatic heterocycles. The Hall–Kier alpha value is -4.54. The lowest BCUT2D eigenvalue weighted by molar-refractivity contribution is -0.133. The van der Waals surface area contributed by atoms with Crippen LogP contribution in [-0.4, -0.2) is 35.2 Å². The Morgan fingerprint density at radius 1 is 1.09 bits per heavy atom. The smallest absolute Gasteiger partial charge is 0.325 e. The van der Waals surface area contributed by atoms with Crippen LogP contribution in [0.5, 0.6) is 0 Å². The van der Waals surface area contributed by atoms with E-state index in [1.807, 2.05) is 0 Å². The van der Waals surface area contributed by atoms with Gasteiger partial charge in [0, 0.05) is 5.56 Å². The number of nitrogens with zero attached hydrogens (tertiary/aromatic N) is 1. The summed E-state index contributed by atoms with van der Waals surface area (Å²) >= 11 is 0. The van der Waals surface area contributed by atoms with E-state index >= 15 is 0 Å². The predicted molar refractivity (Wildman–Crippen MR) is 119 cm³/mol. The van der Waals surface area contributed by atoms with Gasteiger partial charge in [0.1, 0.15) is 29.5 Å². The number of imide groups is 1. The van der Waals surface area contributed by atoms with Crippen LogP contribution in [0.4, 0.5) is 19.3 Å². The van der Waals surface area contributed by atoms with Gasteiger partial charge in [-0.2, -0.15) is 0 Å². The highest BCUT2D eigenvalue weighted by Crippen LogP contribution is 2.31. The van der Waals surface area contributed by atoms with Crippen molar-refractivity contribution in [2.24, 2.45) is 0 Å². The summed E-state index contributed by atoms with van der Waals surface area (Å²) in [6.45, 7) is 0.646. The first-order valence-electron chi connectivity index (χ1n) is 10.5. The fourth-order valence-electron chi connectivity index (χ4n) is 3.70. The molecule has 1 fully saturated rings. The molecule has 2 aromatic carbocycles. The van der Waals surface area contributed by atoms with Crippen molar-refractivity contribution in [2.45, 2.75) is 19.0 Å². The van der Waals surface area contributed by atoms with Crippen LogP contribution >= 0.6 is 0 Å². The van der Waals surface area contributed by atoms with Crippen LogP contribution in [0.15, 0.2) is 65.3 Å². The Labute approximate surface area is 198 Å². The molecule has 1 aromatic heterocycles. The average Bonchev–Trinajstić information content (AvgIpc) is 3.42. The monoisotopic (exact) mass is 482 g/mol. The molecule has 35 heavy (non-hydrogen) atoms. The third-order valence-electron chi connectivity index (χ3n) is 5.49. The van der Waals surface area contributed by atoms with Crippen LogP contribution < -0.4 is 16.0 Å². The summed E-state index contributed by atoms with van der Waals surface area (Å²) < 4.78 is 33.1. The average molecular weight is 482 g/mol. The van der Waals surface area contributed by atoms with E-state index in [9.17, 15) is 28.0 Å². The van der Waals surface area contributed by atoms with Crippen molar-refractivity contribution in [1.29, 1.82) is 0 Å². The van der Waals surface area contributed by atoms with Crippen molar-refractivity contribution in [3.63, 3.8) is 0 Å². The molecular weight excluding hydrogens is 462 g/mol. The first-order valence-corrected chi connectivity index (χ1v) is 10.5. The van der Waals surface area contributed by atoms with Gasteiger partial charge in [-0.1, -0.05) is 12.1 Å². The van der Waals surface area contributed by atoms with Gasteiger partial charge in [0.15, 0.2) is 0 Å². The molecule has 9 nitrogen and oxygen atoms in total. The van der Waals surface area contributed by atoms with E-state index in [-0.39, 0.29) is 23.4 Å². The Bertz CT molecular complexity index is 1310. The SMILES string of the molecule is CC1(c2cc(F)ccc2F)NC(=O)N(CC(=O)Nc2ccccc2C(=O)NCc2ccco2)C1=O. The van der Waals surface area contributed by atoms with E-state index in [0.29, 0.717) is 10.7 Å². The van der Waals surface area contributed by atoms with Gasteiger partial charge in [0.2, 0.25) is 5.91 Å². The van der Waals surface area contributed by atoms with Gasteiger partial charge in [0.05, 0.1) is 24.1 Å². The summed E-state index contributed by atoms with van der Waals surface area (Å²) in [4.78, 5) is 51.3. The van der Waals surface area contributed by atoms with Crippen molar-refractivity contribution in [1.82, 2.24) is 15.5 Å². The largest absolute Gasteiger partial charge is 0.467 e. The van der Waals surface area contributed by atoms with E-state index in [0.717, 1.165) is 18.2 Å². The first kappa shape index (κ1) is 23.6. The minimum atomic E-state index is -1.90. The molecule has 3 N–H and O–H groups in total. The number of urea groups is 1. The second kappa shape index (κ2) is 9.37. The number of furan rings is 1. The fourth-order valence-corrected chi connectivity index (χ4v) is 3.70. The Kier molecular flexibility index (Phi) is 6.32. The lowest BCUT2D eigenvalue weighted by Gasteiger charge is -2.22. The van der Waals surface area contributed by atoms with Crippen LogP contribution in [0.25, 0.3) is 0 Å². The van der Waals surface area contributed by atoms with Crippen molar-refractivity contribution in [2.75, 3.05) is 11.9 Å². The number of hydrogen-bond donors (Lipinski definition) is 3. The summed E-state index contributed by atoms with van der Waals surface area (Å²) in [6.07, 6.45) is 1.47. The maximum absolute atomic E-state index is 14.3. The standard InChI is InChI=1S/C24H20F2N4O5/c1-24(17-11-14(25)8-9-18(17)26)22(33)30(23(34)29-24)13-20(31)28-19-7-3-2-6-16(19)21(32)27-12-15-5-4-10-35-15/h2-11H,12-13H2,1H3,(H,27,32)(H,28,31)(H,29,34). The number of anilines is 1. The highest BCUT2D eigenvalue weighted by molar-refractivity contribution is 6.11. The summed E-state index contributed by atoms with van der Waals surface area (Å²) in [6, 6.07) is 11.1. The van der Waals surface area contributed by atoms with E-state index in [4.69, 9.17) is 4.42 Å². The molecule has 5 amide bonds. The molecule has 1 unspecified atom stereocenters. The number of halogens is 2. The second-order valence-corrected chi connectivity index (χ2v) is 7.93. The van der Waals surface area contributed by atoms with Gasteiger partial charge in [-0.3, -0.25) is 19.3 Å². The van der Waals surface area contributed by atoms with Crippen molar-refractivity contribution >= 4 is 29.4 Å². The summed E-state index contributed by atoms with van der Waals surface area (Å²) in [7, 11) is 0. The molecule has 0 radical (unpaired) electrons. The number of carbonyl (C=O) groups excluding carboxylic acids is 4. The second-order valence-electron chi connectivity index (χ2n) is 7.93. The molecule has 0 spiro atoms. The van der Waals surface area contributed by atoms with Crippen molar-refractivity contribution < 1.29 is 32.4 Å². The molecule has 0 bridgehead atoms. The zero-order chi connectivity index (χ0) is 25.2. The molecule has 0 aliphatic carbocycles. The van der Waals surface area contributed by atoms with Crippen LogP contribution in [0.2, 0.25) is 0 Å². The van der Waals surface area contributed by atoms with Gasteiger partial charge >= 0.3 is 6.03 Å². The summed E-state index contributed by atoms with van der Waals surface area (Å²) in [5.41, 5.74) is -1.96. The maximum Gasteiger partial charge on any atom is 0.325 e. The molecule has 4 rings (SSSR count). The minimum absolute atomic E-state index is 0.131. The lowest BCUT2D eigenvalue weighted by Crippen LogP contribution is -2.43. The van der Waals surface area contributed by atoms with Crippen LogP contribution in [0.3, 0.4) is 0 Å². The molecule has 3 aromatic rings. The van der Waals surface area contributed by atoms with E-state index in [1.54, 1.807) is 24.3 Å². The third-order valence-corrected chi connectivity index (χ3v) is 5.49. The van der Waals surface area contributed by atoms with Gasteiger partial charge in [-0.05, 0) is 49.4 Å². The Morgan fingerprint density at radius 3 is 2.60 bits per heavy atom. The maximum atomic E-state index is 14.3. The summed E-state index contributed by atoms with van der Waals surface area (Å²) in [5, 5.41) is 7.49. The molecular formula is C24H20F2N4O5. The number of amides is 5. The molecule has 1 atom stereocenters. The first-order chi connectivity index (χ1) is 16.7. The summed E-state index contributed by atoms with van der Waals surface area (Å²) in [5.74, 6) is -3.32. The van der Waals surface area contributed by atoms with Crippen LogP contribution in [-0.2, 0) is 21.7 Å². The molecule has 0 saturated carbocycles. The topological polar surface area (TPSA) is 121 Å². The van der Waals surface area contributed by atoms with Gasteiger partial charge in [-0.25, -0.2) is 13.6 Å². The number of para-hydroxylation sites is 1. The van der Waals surface area contributed by atoms with Crippen LogP contribution in [0.1, 0.15) is 28.6 Å². The quantitative estimate of drug-likeness (QED) is 0.447. The zero-order valence-electron chi connectivity index (χ0n) is 18.4. The number of rotatable bonds is 7. The normalized spacial score (nSPS) is 17.3. The molecule has 11 heteroatoms. The number of nitrogens with one attached hydrogen (secondary N) is 3. The third kappa shape index (κ3) is 4.74. The highest BCUT2D eigenvalue weighted by Gasteiger charge is 2.50. The molecule has 1 aliphatic rings. The van der Waals surface area contributed by atoms with E-state index in [1.165, 1.54) is 25.3 Å². The van der Waals surface area contributed by atoms with E-state index < -0.39 is 47.5 Å². The van der Waals surface area contributed by atoms with Crippen LogP contribution in [0, 0.1) is 11.6 Å². The van der Waals surface area contributed by atoms with Gasteiger partial charge < -0.3 is 20.4 Å². The highest BCUT2D eigenvalue weighted by atomic mass is 19.1. The predicted octanol–water partition coefficient (Wildman–Crippen LogP) is 2.89. The Morgan fingerprint density at radius 2 is 1.86 bits per heavy atom.